The van der Waals surface area contributed by atoms with Gasteiger partial charge >= 0.3 is 0 Å². The number of nitrogens with zero attached hydrogens (tertiary/aromatic N) is 3. The molecule has 0 bridgehead atoms. The Morgan fingerprint density at radius 2 is 1.77 bits per heavy atom. The standard InChI is InChI=1S/C21H23ClN4O3S/c1-4-27-17-10-8-7-9-15(17)20-24-25-21(30)26(20)23-13-14-11-16(22)19(29-6-3)18(12-14)28-5-2/h7-13H,4-6H2,1-3H3,(H,25,30)/b23-13-. The van der Waals surface area contributed by atoms with Gasteiger partial charge in [0.25, 0.3) is 0 Å². The highest BCUT2D eigenvalue weighted by atomic mass is 35.5. The Kier molecular flexibility index (Phi) is 7.48. The summed E-state index contributed by atoms with van der Waals surface area (Å²) in [6.45, 7) is 7.23. The quantitative estimate of drug-likeness (QED) is 0.354. The third-order valence-corrected chi connectivity index (χ3v) is 4.57. The molecular weight excluding hydrogens is 424 g/mol. The maximum absolute atomic E-state index is 6.39. The molecule has 3 aromatic rings. The maximum Gasteiger partial charge on any atom is 0.216 e. The average Bonchev–Trinajstić information content (AvgIpc) is 3.10. The van der Waals surface area contributed by atoms with E-state index in [4.69, 9.17) is 38.0 Å². The van der Waals surface area contributed by atoms with Gasteiger partial charge in [-0.05, 0) is 62.8 Å². The van der Waals surface area contributed by atoms with E-state index in [2.05, 4.69) is 15.3 Å². The Balaban J connectivity index is 2.01. The van der Waals surface area contributed by atoms with Gasteiger partial charge in [-0.15, -0.1) is 0 Å². The fraction of sp³-hybridized carbons (Fsp3) is 0.286. The molecule has 0 amide bonds. The molecule has 0 aliphatic carbocycles. The second-order valence-electron chi connectivity index (χ2n) is 6.03. The summed E-state index contributed by atoms with van der Waals surface area (Å²) in [5.41, 5.74) is 1.52. The van der Waals surface area contributed by atoms with E-state index in [1.807, 2.05) is 51.1 Å². The van der Waals surface area contributed by atoms with Crippen molar-refractivity contribution in [2.45, 2.75) is 20.8 Å². The van der Waals surface area contributed by atoms with Crippen molar-refractivity contribution in [1.29, 1.82) is 0 Å². The van der Waals surface area contributed by atoms with Crippen molar-refractivity contribution in [2.75, 3.05) is 19.8 Å². The highest BCUT2D eigenvalue weighted by Gasteiger charge is 2.14. The van der Waals surface area contributed by atoms with E-state index in [1.165, 1.54) is 4.68 Å². The van der Waals surface area contributed by atoms with Gasteiger partial charge in [0.15, 0.2) is 17.3 Å². The Bertz CT molecular complexity index is 1090. The van der Waals surface area contributed by atoms with Gasteiger partial charge in [-0.3, -0.25) is 0 Å². The molecule has 0 aliphatic heterocycles. The molecule has 30 heavy (non-hydrogen) atoms. The van der Waals surface area contributed by atoms with Gasteiger partial charge in [-0.1, -0.05) is 23.7 Å². The molecule has 0 spiro atoms. The molecule has 7 nitrogen and oxygen atoms in total. The fourth-order valence-corrected chi connectivity index (χ4v) is 3.29. The zero-order valence-electron chi connectivity index (χ0n) is 17.0. The summed E-state index contributed by atoms with van der Waals surface area (Å²) >= 11 is 11.8. The lowest BCUT2D eigenvalue weighted by molar-refractivity contribution is 0.288. The smallest absolute Gasteiger partial charge is 0.216 e. The minimum absolute atomic E-state index is 0.356. The van der Waals surface area contributed by atoms with E-state index >= 15 is 0 Å². The van der Waals surface area contributed by atoms with E-state index in [-0.39, 0.29) is 0 Å². The van der Waals surface area contributed by atoms with E-state index in [1.54, 1.807) is 12.3 Å². The summed E-state index contributed by atoms with van der Waals surface area (Å²) in [5, 5.41) is 12.1. The average molecular weight is 447 g/mol. The number of benzene rings is 2. The normalized spacial score (nSPS) is 11.1. The molecule has 0 fully saturated rings. The van der Waals surface area contributed by atoms with Crippen molar-refractivity contribution in [3.05, 3.63) is 51.8 Å². The van der Waals surface area contributed by atoms with Crippen molar-refractivity contribution < 1.29 is 14.2 Å². The van der Waals surface area contributed by atoms with Gasteiger partial charge in [0.2, 0.25) is 4.77 Å². The second-order valence-corrected chi connectivity index (χ2v) is 6.83. The van der Waals surface area contributed by atoms with Crippen molar-refractivity contribution in [3.63, 3.8) is 0 Å². The van der Waals surface area contributed by atoms with Crippen LogP contribution in [0.3, 0.4) is 0 Å². The Hall–Kier alpha value is -2.84. The lowest BCUT2D eigenvalue weighted by Crippen LogP contribution is -2.01. The summed E-state index contributed by atoms with van der Waals surface area (Å²) in [5.74, 6) is 2.32. The highest BCUT2D eigenvalue weighted by molar-refractivity contribution is 7.71. The van der Waals surface area contributed by atoms with Crippen LogP contribution in [0.25, 0.3) is 11.4 Å². The van der Waals surface area contributed by atoms with Crippen LogP contribution in [0.1, 0.15) is 26.3 Å². The lowest BCUT2D eigenvalue weighted by atomic mass is 10.2. The number of H-pyrrole nitrogens is 1. The van der Waals surface area contributed by atoms with Crippen molar-refractivity contribution >= 4 is 30.0 Å². The number of rotatable bonds is 9. The highest BCUT2D eigenvalue weighted by Crippen LogP contribution is 2.36. The number of halogens is 1. The molecule has 2 aromatic carbocycles. The molecule has 0 radical (unpaired) electrons. The van der Waals surface area contributed by atoms with Crippen LogP contribution in [-0.2, 0) is 0 Å². The molecule has 9 heteroatoms. The fourth-order valence-electron chi connectivity index (χ4n) is 2.84. The number of ether oxygens (including phenoxy) is 3. The number of hydrogen-bond donors (Lipinski definition) is 1. The Morgan fingerprint density at radius 3 is 2.50 bits per heavy atom. The zero-order chi connectivity index (χ0) is 21.5. The molecule has 0 unspecified atom stereocenters. The van der Waals surface area contributed by atoms with Crippen LogP contribution in [0.4, 0.5) is 0 Å². The van der Waals surface area contributed by atoms with Crippen LogP contribution < -0.4 is 14.2 Å². The minimum atomic E-state index is 0.356. The molecule has 158 valence electrons. The Labute approximate surface area is 185 Å². The van der Waals surface area contributed by atoms with Gasteiger partial charge in [-0.25, -0.2) is 5.10 Å². The predicted octanol–water partition coefficient (Wildman–Crippen LogP) is 5.34. The number of para-hydroxylation sites is 1. The predicted molar refractivity (Wildman–Crippen MR) is 121 cm³/mol. The third kappa shape index (κ3) is 4.83. The van der Waals surface area contributed by atoms with Gasteiger partial charge in [0, 0.05) is 0 Å². The van der Waals surface area contributed by atoms with E-state index in [9.17, 15) is 0 Å². The van der Waals surface area contributed by atoms with E-state index in [0.717, 1.165) is 11.1 Å². The first kappa shape index (κ1) is 21.9. The third-order valence-electron chi connectivity index (χ3n) is 4.02. The van der Waals surface area contributed by atoms with Crippen molar-refractivity contribution in [1.82, 2.24) is 14.9 Å². The SMILES string of the molecule is CCOc1ccccc1-c1n[nH]c(=S)n1/N=C\c1cc(Cl)c(OCC)c(OCC)c1. The lowest BCUT2D eigenvalue weighted by Gasteiger charge is -2.13. The molecule has 0 atom stereocenters. The summed E-state index contributed by atoms with van der Waals surface area (Å²) in [6.07, 6.45) is 1.64. The molecule has 0 saturated heterocycles. The first-order chi connectivity index (χ1) is 14.6. The van der Waals surface area contributed by atoms with Gasteiger partial charge in [0.05, 0.1) is 36.6 Å². The van der Waals surface area contributed by atoms with Crippen molar-refractivity contribution in [2.24, 2.45) is 5.10 Å². The van der Waals surface area contributed by atoms with E-state index in [0.29, 0.717) is 52.7 Å². The van der Waals surface area contributed by atoms with Crippen LogP contribution in [-0.4, -0.2) is 40.9 Å². The first-order valence-corrected chi connectivity index (χ1v) is 10.4. The van der Waals surface area contributed by atoms with Crippen molar-refractivity contribution in [3.8, 4) is 28.6 Å². The summed E-state index contributed by atoms with van der Waals surface area (Å²) in [4.78, 5) is 0. The second kappa shape index (κ2) is 10.3. The monoisotopic (exact) mass is 446 g/mol. The van der Waals surface area contributed by atoms with Crippen LogP contribution >= 0.6 is 23.8 Å². The first-order valence-electron chi connectivity index (χ1n) is 9.62. The summed E-state index contributed by atoms with van der Waals surface area (Å²) in [7, 11) is 0. The van der Waals surface area contributed by atoms with Crippen LogP contribution in [0.15, 0.2) is 41.5 Å². The number of hydrogen-bond acceptors (Lipinski definition) is 6. The number of aromatic nitrogens is 3. The zero-order valence-corrected chi connectivity index (χ0v) is 18.6. The largest absolute Gasteiger partial charge is 0.493 e. The molecule has 3 rings (SSSR count). The molecule has 1 heterocycles. The number of aromatic amines is 1. The number of nitrogens with one attached hydrogen (secondary N) is 1. The molecular formula is C21H23ClN4O3S. The minimum Gasteiger partial charge on any atom is -0.493 e. The Morgan fingerprint density at radius 1 is 1.07 bits per heavy atom. The van der Waals surface area contributed by atoms with Crippen LogP contribution in [0, 0.1) is 4.77 Å². The van der Waals surface area contributed by atoms with E-state index < -0.39 is 0 Å². The molecule has 1 aromatic heterocycles. The summed E-state index contributed by atoms with van der Waals surface area (Å²) in [6, 6.07) is 11.2. The van der Waals surface area contributed by atoms with Gasteiger partial charge in [0.1, 0.15) is 5.75 Å². The topological polar surface area (TPSA) is 73.7 Å². The molecule has 0 saturated carbocycles. The van der Waals surface area contributed by atoms with Gasteiger partial charge in [-0.2, -0.15) is 14.9 Å². The summed E-state index contributed by atoms with van der Waals surface area (Å²) < 4.78 is 18.9. The molecule has 1 N–H and O–H groups in total. The maximum atomic E-state index is 6.39. The van der Waals surface area contributed by atoms with Crippen LogP contribution in [0.5, 0.6) is 17.2 Å². The molecule has 0 aliphatic rings. The van der Waals surface area contributed by atoms with Crippen LogP contribution in [0.2, 0.25) is 5.02 Å². The van der Waals surface area contributed by atoms with Gasteiger partial charge < -0.3 is 14.2 Å².